The Morgan fingerprint density at radius 2 is 2.14 bits per heavy atom. The van der Waals surface area contributed by atoms with E-state index in [4.69, 9.17) is 14.5 Å². The minimum atomic E-state index is -1.26. The van der Waals surface area contributed by atoms with Crippen molar-refractivity contribution in [2.75, 3.05) is 7.11 Å². The zero-order valence-electron chi connectivity index (χ0n) is 15.4. The van der Waals surface area contributed by atoms with Crippen LogP contribution < -0.4 is 5.56 Å². The highest BCUT2D eigenvalue weighted by molar-refractivity contribution is 9.10. The van der Waals surface area contributed by atoms with Crippen molar-refractivity contribution < 1.29 is 14.3 Å². The van der Waals surface area contributed by atoms with Crippen LogP contribution in [-0.2, 0) is 33.0 Å². The molecule has 1 aromatic carbocycles. The van der Waals surface area contributed by atoms with Crippen LogP contribution in [0.2, 0.25) is 0 Å². The molecule has 1 unspecified atom stereocenters. The Balaban J connectivity index is 1.81. The average Bonchev–Trinajstić information content (AvgIpc) is 3.06. The summed E-state index contributed by atoms with van der Waals surface area (Å²) in [5, 5.41) is 1.00. The first kappa shape index (κ1) is 17.6. The summed E-state index contributed by atoms with van der Waals surface area (Å²) in [6, 6.07) is 9.80. The Morgan fingerprint density at radius 1 is 1.32 bits per heavy atom. The van der Waals surface area contributed by atoms with Crippen LogP contribution >= 0.6 is 15.9 Å². The van der Waals surface area contributed by atoms with Gasteiger partial charge in [0.15, 0.2) is 5.60 Å². The second-order valence-electron chi connectivity index (χ2n) is 7.08. The summed E-state index contributed by atoms with van der Waals surface area (Å²) >= 11 is 3.57. The lowest BCUT2D eigenvalue weighted by molar-refractivity contribution is -0.176. The summed E-state index contributed by atoms with van der Waals surface area (Å²) in [7, 11) is 1.47. The molecule has 0 aliphatic carbocycles. The van der Waals surface area contributed by atoms with Gasteiger partial charge in [0, 0.05) is 28.1 Å². The number of hydrogen-bond acceptors (Lipinski definition) is 5. The van der Waals surface area contributed by atoms with E-state index in [9.17, 15) is 9.59 Å². The molecule has 2 aliphatic rings. The van der Waals surface area contributed by atoms with Crippen molar-refractivity contribution >= 4 is 32.8 Å². The number of cyclic esters (lactones) is 1. The number of carbonyl (C=O) groups is 1. The minimum absolute atomic E-state index is 0.0321. The van der Waals surface area contributed by atoms with Crippen molar-refractivity contribution in [3.8, 4) is 11.4 Å². The Morgan fingerprint density at radius 3 is 2.89 bits per heavy atom. The summed E-state index contributed by atoms with van der Waals surface area (Å²) in [6.07, 6.45) is 0.378. The second-order valence-corrected chi connectivity index (χ2v) is 7.93. The molecule has 0 amide bonds. The van der Waals surface area contributed by atoms with Crippen molar-refractivity contribution in [2.45, 2.75) is 32.1 Å². The predicted molar refractivity (Wildman–Crippen MR) is 107 cm³/mol. The molecule has 0 bridgehead atoms. The molecule has 142 valence electrons. The highest BCUT2D eigenvalue weighted by Gasteiger charge is 2.47. The standard InChI is InChI=1S/C21H17BrN2O4/c1-3-21(27-2)14-8-17-18-11(7-12-15(22)5-4-6-16(12)23-18)9-24(17)19(25)13(14)10-28-20(21)26/h4-8H,3,9-10H2,1-2H3. The van der Waals surface area contributed by atoms with Crippen molar-refractivity contribution in [1.82, 2.24) is 9.55 Å². The van der Waals surface area contributed by atoms with Crippen molar-refractivity contribution in [3.05, 3.63) is 61.8 Å². The molecule has 1 atom stereocenters. The van der Waals surface area contributed by atoms with Gasteiger partial charge < -0.3 is 14.0 Å². The Bertz CT molecular complexity index is 1230. The number of nitrogens with zero attached hydrogens (tertiary/aromatic N) is 2. The van der Waals surface area contributed by atoms with Gasteiger partial charge in [0.2, 0.25) is 0 Å². The first-order valence-corrected chi connectivity index (χ1v) is 9.87. The van der Waals surface area contributed by atoms with E-state index in [0.29, 0.717) is 29.8 Å². The van der Waals surface area contributed by atoms with Gasteiger partial charge in [-0.2, -0.15) is 0 Å². The number of benzene rings is 1. The predicted octanol–water partition coefficient (Wildman–Crippen LogP) is 3.50. The van der Waals surface area contributed by atoms with Crippen LogP contribution in [0.5, 0.6) is 0 Å². The quantitative estimate of drug-likeness (QED) is 0.446. The van der Waals surface area contributed by atoms with E-state index in [-0.39, 0.29) is 12.2 Å². The molecule has 2 aromatic heterocycles. The molecule has 0 radical (unpaired) electrons. The lowest BCUT2D eigenvalue weighted by atomic mass is 9.85. The summed E-state index contributed by atoms with van der Waals surface area (Å²) in [5.74, 6) is -0.456. The molecule has 7 heteroatoms. The van der Waals surface area contributed by atoms with Crippen LogP contribution in [0.4, 0.5) is 0 Å². The normalized spacial score (nSPS) is 19.9. The third-order valence-electron chi connectivity index (χ3n) is 5.82. The SMILES string of the molecule is CCC1(OC)C(=O)OCc2c1cc1n(c2=O)Cc2cc3c(Br)cccc3nc2-1. The van der Waals surface area contributed by atoms with Gasteiger partial charge in [0.25, 0.3) is 5.56 Å². The van der Waals surface area contributed by atoms with E-state index in [2.05, 4.69) is 22.0 Å². The van der Waals surface area contributed by atoms with Gasteiger partial charge in [-0.15, -0.1) is 0 Å². The molecular weight excluding hydrogens is 424 g/mol. The number of methoxy groups -OCH3 is 1. The fraction of sp³-hybridized carbons (Fsp3) is 0.286. The molecule has 0 saturated heterocycles. The van der Waals surface area contributed by atoms with Crippen molar-refractivity contribution in [1.29, 1.82) is 0 Å². The number of rotatable bonds is 2. The molecule has 0 spiro atoms. The Hall–Kier alpha value is -2.51. The maximum Gasteiger partial charge on any atom is 0.343 e. The molecule has 28 heavy (non-hydrogen) atoms. The molecule has 5 rings (SSSR count). The van der Waals surface area contributed by atoms with Gasteiger partial charge in [0.1, 0.15) is 6.61 Å². The monoisotopic (exact) mass is 440 g/mol. The van der Waals surface area contributed by atoms with Gasteiger partial charge in [-0.25, -0.2) is 9.78 Å². The molecule has 6 nitrogen and oxygen atoms in total. The smallest absolute Gasteiger partial charge is 0.343 e. The number of pyridine rings is 2. The summed E-state index contributed by atoms with van der Waals surface area (Å²) < 4.78 is 13.6. The van der Waals surface area contributed by atoms with Crippen LogP contribution in [0.1, 0.15) is 30.0 Å². The maximum atomic E-state index is 13.2. The van der Waals surface area contributed by atoms with Crippen molar-refractivity contribution in [3.63, 3.8) is 0 Å². The van der Waals surface area contributed by atoms with Crippen LogP contribution in [-0.4, -0.2) is 22.6 Å². The van der Waals surface area contributed by atoms with E-state index in [1.54, 1.807) is 4.57 Å². The zero-order valence-corrected chi connectivity index (χ0v) is 17.0. The summed E-state index contributed by atoms with van der Waals surface area (Å²) in [6.45, 7) is 2.26. The molecule has 0 fully saturated rings. The number of esters is 1. The average molecular weight is 441 g/mol. The Kier molecular flexibility index (Phi) is 3.76. The van der Waals surface area contributed by atoms with E-state index < -0.39 is 11.6 Å². The Labute approximate surface area is 169 Å². The van der Waals surface area contributed by atoms with Crippen LogP contribution in [0, 0.1) is 0 Å². The van der Waals surface area contributed by atoms with Crippen molar-refractivity contribution in [2.24, 2.45) is 0 Å². The number of aromatic nitrogens is 2. The van der Waals surface area contributed by atoms with Crippen LogP contribution in [0.15, 0.2) is 39.6 Å². The van der Waals surface area contributed by atoms with E-state index in [1.807, 2.05) is 31.2 Å². The van der Waals surface area contributed by atoms with Gasteiger partial charge in [-0.05, 0) is 30.7 Å². The summed E-state index contributed by atoms with van der Waals surface area (Å²) in [4.78, 5) is 30.6. The van der Waals surface area contributed by atoms with E-state index >= 15 is 0 Å². The van der Waals surface area contributed by atoms with E-state index in [1.165, 1.54) is 7.11 Å². The number of carbonyl (C=O) groups excluding carboxylic acids is 1. The molecule has 3 aromatic rings. The molecular formula is C21H17BrN2O4. The number of fused-ring (bicyclic) bond motifs is 5. The van der Waals surface area contributed by atoms with Gasteiger partial charge in [-0.3, -0.25) is 4.79 Å². The van der Waals surface area contributed by atoms with Gasteiger partial charge in [-0.1, -0.05) is 28.9 Å². The lowest BCUT2D eigenvalue weighted by Crippen LogP contribution is -2.45. The molecule has 0 N–H and O–H groups in total. The fourth-order valence-corrected chi connectivity index (χ4v) is 4.76. The van der Waals surface area contributed by atoms with Crippen LogP contribution in [0.25, 0.3) is 22.3 Å². The fourth-order valence-electron chi connectivity index (χ4n) is 4.29. The first-order chi connectivity index (χ1) is 13.5. The number of hydrogen-bond donors (Lipinski definition) is 0. The minimum Gasteiger partial charge on any atom is -0.458 e. The largest absolute Gasteiger partial charge is 0.458 e. The number of ether oxygens (including phenoxy) is 2. The van der Waals surface area contributed by atoms with Gasteiger partial charge >= 0.3 is 5.97 Å². The lowest BCUT2D eigenvalue weighted by Gasteiger charge is -2.34. The van der Waals surface area contributed by atoms with Crippen LogP contribution in [0.3, 0.4) is 0 Å². The van der Waals surface area contributed by atoms with E-state index in [0.717, 1.165) is 26.6 Å². The number of halogens is 1. The molecule has 4 heterocycles. The highest BCUT2D eigenvalue weighted by Crippen LogP contribution is 2.40. The molecule has 0 saturated carbocycles. The maximum absolute atomic E-state index is 13.2. The third-order valence-corrected chi connectivity index (χ3v) is 6.51. The first-order valence-electron chi connectivity index (χ1n) is 9.08. The zero-order chi connectivity index (χ0) is 19.6. The summed E-state index contributed by atoms with van der Waals surface area (Å²) in [5.41, 5.74) is 2.96. The topological polar surface area (TPSA) is 70.4 Å². The van der Waals surface area contributed by atoms with Gasteiger partial charge in [0.05, 0.1) is 29.0 Å². The molecule has 2 aliphatic heterocycles. The third kappa shape index (κ3) is 2.14. The second kappa shape index (κ2) is 5.99. The highest BCUT2D eigenvalue weighted by atomic mass is 79.9.